The summed E-state index contributed by atoms with van der Waals surface area (Å²) in [6.45, 7) is 3.30. The minimum atomic E-state index is -0.175. The fourth-order valence-corrected chi connectivity index (χ4v) is 2.02. The zero-order valence-corrected chi connectivity index (χ0v) is 11.3. The molecule has 2 aromatic rings. The number of likely N-dealkylation sites (N-methyl/N-ethyl adjacent to an activating group) is 1. The molecule has 1 heterocycles. The van der Waals surface area contributed by atoms with Crippen LogP contribution in [0.4, 0.5) is 0 Å². The van der Waals surface area contributed by atoms with Gasteiger partial charge in [-0.15, -0.1) is 0 Å². The number of rotatable bonds is 6. The molecule has 0 amide bonds. The minimum Gasteiger partial charge on any atom is -0.306 e. The number of imidazole rings is 1. The number of carbonyl (C=O) groups excluding carboxylic acids is 1. The highest BCUT2D eigenvalue weighted by atomic mass is 16.1. The van der Waals surface area contributed by atoms with Crippen molar-refractivity contribution >= 4 is 16.8 Å². The van der Waals surface area contributed by atoms with Gasteiger partial charge in [0.1, 0.15) is 5.78 Å². The third-order valence-electron chi connectivity index (χ3n) is 3.21. The average molecular weight is 261 g/mol. The molecule has 0 spiro atoms. The van der Waals surface area contributed by atoms with Gasteiger partial charge in [-0.2, -0.15) is 0 Å². The van der Waals surface area contributed by atoms with Crippen molar-refractivity contribution in [2.45, 2.75) is 19.8 Å². The van der Waals surface area contributed by atoms with Crippen molar-refractivity contribution in [1.29, 1.82) is 0 Å². The zero-order valence-electron chi connectivity index (χ0n) is 11.3. The van der Waals surface area contributed by atoms with Crippen molar-refractivity contribution < 1.29 is 4.79 Å². The molecule has 0 saturated carbocycles. The molecule has 0 radical (unpaired) electrons. The van der Waals surface area contributed by atoms with Gasteiger partial charge < -0.3 is 14.9 Å². The van der Waals surface area contributed by atoms with E-state index in [4.69, 9.17) is 0 Å². The van der Waals surface area contributed by atoms with Crippen LogP contribution in [0.1, 0.15) is 18.9 Å². The third-order valence-corrected chi connectivity index (χ3v) is 3.21. The molecule has 0 aliphatic carbocycles. The number of ketones is 1. The summed E-state index contributed by atoms with van der Waals surface area (Å²) in [5.41, 5.74) is 2.68. The first-order chi connectivity index (χ1) is 9.04. The van der Waals surface area contributed by atoms with Crippen molar-refractivity contribution in [2.24, 2.45) is 0 Å². The first kappa shape index (κ1) is 13.5. The van der Waals surface area contributed by atoms with Crippen LogP contribution in [0.15, 0.2) is 23.0 Å². The summed E-state index contributed by atoms with van der Waals surface area (Å²) in [4.78, 5) is 29.7. The number of nitrogens with one attached hydrogen (secondary N) is 2. The summed E-state index contributed by atoms with van der Waals surface area (Å²) in [5.74, 6) is 0.221. The molecule has 102 valence electrons. The van der Waals surface area contributed by atoms with Gasteiger partial charge in [-0.3, -0.25) is 4.79 Å². The van der Waals surface area contributed by atoms with Gasteiger partial charge >= 0.3 is 5.69 Å². The molecular formula is C14H19N3O2. The predicted molar refractivity (Wildman–Crippen MR) is 75.4 cm³/mol. The summed E-state index contributed by atoms with van der Waals surface area (Å²) in [6, 6.07) is 5.93. The average Bonchev–Trinajstić information content (AvgIpc) is 2.73. The topological polar surface area (TPSA) is 69.0 Å². The SMILES string of the molecule is CC(=O)CCN(C)CCc1ccc2[nH]c(=O)[nH]c2c1. The number of aromatic nitrogens is 2. The van der Waals surface area contributed by atoms with E-state index in [2.05, 4.69) is 14.9 Å². The van der Waals surface area contributed by atoms with Gasteiger partial charge in [0.25, 0.3) is 0 Å². The van der Waals surface area contributed by atoms with Crippen LogP contribution in [-0.2, 0) is 11.2 Å². The fraction of sp³-hybridized carbons (Fsp3) is 0.429. The molecule has 0 atom stereocenters. The summed E-state index contributed by atoms with van der Waals surface area (Å²) in [6.07, 6.45) is 1.50. The van der Waals surface area contributed by atoms with Gasteiger partial charge in [0, 0.05) is 19.5 Å². The Morgan fingerprint density at radius 2 is 1.95 bits per heavy atom. The van der Waals surface area contributed by atoms with Gasteiger partial charge in [-0.1, -0.05) is 6.07 Å². The first-order valence-corrected chi connectivity index (χ1v) is 6.43. The molecule has 19 heavy (non-hydrogen) atoms. The lowest BCUT2D eigenvalue weighted by molar-refractivity contribution is -0.117. The molecule has 5 nitrogen and oxygen atoms in total. The summed E-state index contributed by atoms with van der Waals surface area (Å²) < 4.78 is 0. The van der Waals surface area contributed by atoms with Crippen LogP contribution in [0.5, 0.6) is 0 Å². The number of aromatic amines is 2. The van der Waals surface area contributed by atoms with E-state index in [0.717, 1.165) is 30.5 Å². The summed E-state index contributed by atoms with van der Waals surface area (Å²) in [7, 11) is 2.01. The van der Waals surface area contributed by atoms with Gasteiger partial charge in [-0.25, -0.2) is 4.79 Å². The number of Topliss-reactive ketones (excluding diaryl/α,β-unsaturated/α-hetero) is 1. The Morgan fingerprint density at radius 3 is 2.68 bits per heavy atom. The van der Waals surface area contributed by atoms with E-state index >= 15 is 0 Å². The molecular weight excluding hydrogens is 242 g/mol. The number of fused-ring (bicyclic) bond motifs is 1. The number of carbonyl (C=O) groups is 1. The standard InChI is InChI=1S/C14H19N3O2/c1-10(18)5-7-17(2)8-6-11-3-4-12-13(9-11)16-14(19)15-12/h3-4,9H,5-8H2,1-2H3,(H2,15,16,19). The fourth-order valence-electron chi connectivity index (χ4n) is 2.02. The van der Waals surface area contributed by atoms with Gasteiger partial charge in [0.05, 0.1) is 11.0 Å². The van der Waals surface area contributed by atoms with E-state index in [1.54, 1.807) is 6.92 Å². The Kier molecular flexibility index (Phi) is 4.16. The highest BCUT2D eigenvalue weighted by Gasteiger charge is 2.03. The molecule has 0 fully saturated rings. The predicted octanol–water partition coefficient (Wildman–Crippen LogP) is 1.31. The van der Waals surface area contributed by atoms with E-state index in [9.17, 15) is 9.59 Å². The second-order valence-electron chi connectivity index (χ2n) is 4.96. The normalized spacial score (nSPS) is 11.3. The van der Waals surface area contributed by atoms with Crippen LogP contribution >= 0.6 is 0 Å². The Labute approximate surface area is 111 Å². The highest BCUT2D eigenvalue weighted by Crippen LogP contribution is 2.11. The molecule has 0 saturated heterocycles. The maximum atomic E-state index is 11.2. The van der Waals surface area contributed by atoms with Crippen molar-refractivity contribution in [2.75, 3.05) is 20.1 Å². The number of H-pyrrole nitrogens is 2. The molecule has 0 bridgehead atoms. The molecule has 2 N–H and O–H groups in total. The maximum Gasteiger partial charge on any atom is 0.323 e. The van der Waals surface area contributed by atoms with Crippen molar-refractivity contribution in [3.05, 3.63) is 34.2 Å². The molecule has 0 aliphatic rings. The van der Waals surface area contributed by atoms with Crippen molar-refractivity contribution in [3.8, 4) is 0 Å². The zero-order chi connectivity index (χ0) is 13.8. The quantitative estimate of drug-likeness (QED) is 0.823. The maximum absolute atomic E-state index is 11.2. The molecule has 2 rings (SSSR count). The number of hydrogen-bond donors (Lipinski definition) is 2. The number of benzene rings is 1. The van der Waals surface area contributed by atoms with Gasteiger partial charge in [0.2, 0.25) is 0 Å². The number of hydrogen-bond acceptors (Lipinski definition) is 3. The molecule has 1 aromatic heterocycles. The van der Waals surface area contributed by atoms with Crippen molar-refractivity contribution in [1.82, 2.24) is 14.9 Å². The summed E-state index contributed by atoms with van der Waals surface area (Å²) >= 11 is 0. The lowest BCUT2D eigenvalue weighted by atomic mass is 10.1. The van der Waals surface area contributed by atoms with Crippen LogP contribution in [0.25, 0.3) is 11.0 Å². The van der Waals surface area contributed by atoms with E-state index in [1.807, 2.05) is 25.2 Å². The Balaban J connectivity index is 1.93. The van der Waals surface area contributed by atoms with Crippen LogP contribution < -0.4 is 5.69 Å². The van der Waals surface area contributed by atoms with Crippen LogP contribution in [0.2, 0.25) is 0 Å². The van der Waals surface area contributed by atoms with E-state index < -0.39 is 0 Å². The van der Waals surface area contributed by atoms with E-state index in [-0.39, 0.29) is 11.5 Å². The third kappa shape index (κ3) is 3.79. The lowest BCUT2D eigenvalue weighted by Gasteiger charge is -2.15. The Hall–Kier alpha value is -1.88. The summed E-state index contributed by atoms with van der Waals surface area (Å²) in [5, 5.41) is 0. The monoisotopic (exact) mass is 261 g/mol. The smallest absolute Gasteiger partial charge is 0.306 e. The van der Waals surface area contributed by atoms with Crippen LogP contribution in [0.3, 0.4) is 0 Å². The number of nitrogens with zero attached hydrogens (tertiary/aromatic N) is 1. The van der Waals surface area contributed by atoms with Crippen LogP contribution in [-0.4, -0.2) is 40.8 Å². The van der Waals surface area contributed by atoms with Crippen molar-refractivity contribution in [3.63, 3.8) is 0 Å². The second-order valence-corrected chi connectivity index (χ2v) is 4.96. The van der Waals surface area contributed by atoms with E-state index in [0.29, 0.717) is 6.42 Å². The molecule has 0 unspecified atom stereocenters. The van der Waals surface area contributed by atoms with E-state index in [1.165, 1.54) is 5.56 Å². The lowest BCUT2D eigenvalue weighted by Crippen LogP contribution is -2.23. The largest absolute Gasteiger partial charge is 0.323 e. The molecule has 0 aliphatic heterocycles. The Morgan fingerprint density at radius 1 is 1.21 bits per heavy atom. The van der Waals surface area contributed by atoms with Crippen LogP contribution in [0, 0.1) is 0 Å². The van der Waals surface area contributed by atoms with Gasteiger partial charge in [0.15, 0.2) is 0 Å². The Bertz CT molecular complexity index is 627. The first-order valence-electron chi connectivity index (χ1n) is 6.43. The minimum absolute atomic E-state index is 0.175. The second kappa shape index (κ2) is 5.84. The highest BCUT2D eigenvalue weighted by molar-refractivity contribution is 5.75. The van der Waals surface area contributed by atoms with Gasteiger partial charge in [-0.05, 0) is 38.1 Å². The molecule has 5 heteroatoms. The molecule has 1 aromatic carbocycles.